The van der Waals surface area contributed by atoms with Gasteiger partial charge in [0.2, 0.25) is 11.8 Å². The van der Waals surface area contributed by atoms with E-state index in [0.717, 1.165) is 0 Å². The monoisotopic (exact) mass is 288 g/mol. The van der Waals surface area contributed by atoms with E-state index in [1.165, 1.54) is 0 Å². The van der Waals surface area contributed by atoms with Crippen LogP contribution in [0.4, 0.5) is 0 Å². The summed E-state index contributed by atoms with van der Waals surface area (Å²) in [6.45, 7) is 7.95. The number of rotatable bonds is 5. The van der Waals surface area contributed by atoms with Gasteiger partial charge in [0.15, 0.2) is 0 Å². The Labute approximate surface area is 117 Å². The lowest BCUT2D eigenvalue weighted by atomic mass is 9.99. The molecule has 0 aliphatic carbocycles. The first-order valence-corrected chi connectivity index (χ1v) is 8.29. The second-order valence-electron chi connectivity index (χ2n) is 5.67. The third-order valence-corrected chi connectivity index (χ3v) is 4.75. The number of hydrogen-bond acceptors (Lipinski definition) is 3. The number of piperazine rings is 1. The van der Waals surface area contributed by atoms with Crippen LogP contribution in [-0.2, 0) is 20.4 Å². The number of carbonyl (C=O) groups excluding carboxylic acids is 2. The SMILES string of the molecule is CC(C)CC1NC(=O)C(C)N(CC(C)S(C)=O)C1=O. The third-order valence-electron chi connectivity index (χ3n) is 3.47. The highest BCUT2D eigenvalue weighted by atomic mass is 32.2. The van der Waals surface area contributed by atoms with Gasteiger partial charge in [-0.25, -0.2) is 0 Å². The Balaban J connectivity index is 2.83. The first-order valence-electron chi connectivity index (χ1n) is 6.67. The van der Waals surface area contributed by atoms with Crippen LogP contribution in [0.1, 0.15) is 34.1 Å². The van der Waals surface area contributed by atoms with Crippen LogP contribution in [0.3, 0.4) is 0 Å². The summed E-state index contributed by atoms with van der Waals surface area (Å²) >= 11 is 0. The number of nitrogens with one attached hydrogen (secondary N) is 1. The zero-order valence-corrected chi connectivity index (χ0v) is 13.1. The predicted molar refractivity (Wildman–Crippen MR) is 76.1 cm³/mol. The molecule has 1 fully saturated rings. The van der Waals surface area contributed by atoms with E-state index in [1.807, 2.05) is 20.8 Å². The highest BCUT2D eigenvalue weighted by Gasteiger charge is 2.38. The van der Waals surface area contributed by atoms with Crippen molar-refractivity contribution in [1.82, 2.24) is 10.2 Å². The van der Waals surface area contributed by atoms with Gasteiger partial charge < -0.3 is 10.2 Å². The molecule has 0 spiro atoms. The minimum Gasteiger partial charge on any atom is -0.343 e. The van der Waals surface area contributed by atoms with Crippen molar-refractivity contribution in [3.05, 3.63) is 0 Å². The predicted octanol–water partition coefficient (Wildman–Crippen LogP) is 0.515. The van der Waals surface area contributed by atoms with Crippen LogP contribution in [-0.4, -0.2) is 51.1 Å². The average Bonchev–Trinajstić information content (AvgIpc) is 2.30. The Kier molecular flexibility index (Phi) is 5.52. The van der Waals surface area contributed by atoms with Gasteiger partial charge in [-0.3, -0.25) is 13.8 Å². The molecule has 0 aromatic rings. The van der Waals surface area contributed by atoms with E-state index >= 15 is 0 Å². The maximum Gasteiger partial charge on any atom is 0.245 e. The fourth-order valence-electron chi connectivity index (χ4n) is 2.15. The van der Waals surface area contributed by atoms with Crippen LogP contribution in [0.25, 0.3) is 0 Å². The molecule has 0 saturated carbocycles. The lowest BCUT2D eigenvalue weighted by molar-refractivity contribution is -0.149. The number of nitrogens with zero attached hydrogens (tertiary/aromatic N) is 1. The fraction of sp³-hybridized carbons (Fsp3) is 0.846. The molecule has 1 aliphatic rings. The van der Waals surface area contributed by atoms with Crippen molar-refractivity contribution in [3.63, 3.8) is 0 Å². The lowest BCUT2D eigenvalue weighted by Gasteiger charge is -2.38. The average molecular weight is 288 g/mol. The quantitative estimate of drug-likeness (QED) is 0.802. The smallest absolute Gasteiger partial charge is 0.245 e. The maximum absolute atomic E-state index is 12.4. The molecular formula is C13H24N2O3S. The summed E-state index contributed by atoms with van der Waals surface area (Å²) < 4.78 is 11.4. The summed E-state index contributed by atoms with van der Waals surface area (Å²) in [4.78, 5) is 25.9. The Morgan fingerprint density at radius 2 is 1.89 bits per heavy atom. The minimum absolute atomic E-state index is 0.0573. The van der Waals surface area contributed by atoms with Crippen LogP contribution in [0.5, 0.6) is 0 Å². The third kappa shape index (κ3) is 4.03. The zero-order valence-electron chi connectivity index (χ0n) is 12.3. The second kappa shape index (κ2) is 6.50. The van der Waals surface area contributed by atoms with E-state index in [2.05, 4.69) is 5.32 Å². The lowest BCUT2D eigenvalue weighted by Crippen LogP contribution is -2.63. The molecule has 1 saturated heterocycles. The van der Waals surface area contributed by atoms with E-state index in [4.69, 9.17) is 0 Å². The molecular weight excluding hydrogens is 264 g/mol. The largest absolute Gasteiger partial charge is 0.343 e. The molecule has 19 heavy (non-hydrogen) atoms. The van der Waals surface area contributed by atoms with E-state index in [9.17, 15) is 13.8 Å². The van der Waals surface area contributed by atoms with Crippen LogP contribution in [0.15, 0.2) is 0 Å². The minimum atomic E-state index is -1.00. The van der Waals surface area contributed by atoms with Crippen molar-refractivity contribution >= 4 is 22.6 Å². The van der Waals surface area contributed by atoms with Gasteiger partial charge in [0.1, 0.15) is 12.1 Å². The number of hydrogen-bond donors (Lipinski definition) is 1. The summed E-state index contributed by atoms with van der Waals surface area (Å²) in [5, 5.41) is 2.65. The molecule has 2 amide bonds. The molecule has 4 atom stereocenters. The normalized spacial score (nSPS) is 27.4. The molecule has 110 valence electrons. The Morgan fingerprint density at radius 3 is 2.37 bits per heavy atom. The van der Waals surface area contributed by atoms with E-state index in [1.54, 1.807) is 18.1 Å². The molecule has 0 radical (unpaired) electrons. The van der Waals surface area contributed by atoms with Gasteiger partial charge in [0.05, 0.1) is 0 Å². The molecule has 1 heterocycles. The van der Waals surface area contributed by atoms with E-state index in [0.29, 0.717) is 18.9 Å². The highest BCUT2D eigenvalue weighted by molar-refractivity contribution is 7.84. The Bertz CT molecular complexity index is 384. The van der Waals surface area contributed by atoms with Crippen molar-refractivity contribution in [1.29, 1.82) is 0 Å². The topological polar surface area (TPSA) is 66.5 Å². The van der Waals surface area contributed by atoms with Gasteiger partial charge in [-0.1, -0.05) is 13.8 Å². The molecule has 0 aromatic carbocycles. The molecule has 5 nitrogen and oxygen atoms in total. The summed E-state index contributed by atoms with van der Waals surface area (Å²) in [5.74, 6) is 0.152. The first kappa shape index (κ1) is 16.1. The fourth-order valence-corrected chi connectivity index (χ4v) is 2.52. The van der Waals surface area contributed by atoms with Crippen LogP contribution in [0.2, 0.25) is 0 Å². The van der Waals surface area contributed by atoms with E-state index in [-0.39, 0.29) is 17.1 Å². The van der Waals surface area contributed by atoms with Crippen molar-refractivity contribution < 1.29 is 13.8 Å². The number of amides is 2. The van der Waals surface area contributed by atoms with Gasteiger partial charge in [-0.05, 0) is 26.2 Å². The van der Waals surface area contributed by atoms with Gasteiger partial charge in [0, 0.05) is 28.9 Å². The molecule has 4 unspecified atom stereocenters. The summed E-state index contributed by atoms with van der Waals surface area (Å²) in [5.41, 5.74) is 0. The number of carbonyl (C=O) groups is 2. The van der Waals surface area contributed by atoms with Crippen molar-refractivity contribution in [2.45, 2.75) is 51.4 Å². The molecule has 0 bridgehead atoms. The van der Waals surface area contributed by atoms with Gasteiger partial charge in [-0.15, -0.1) is 0 Å². The molecule has 1 aliphatic heterocycles. The Morgan fingerprint density at radius 1 is 1.32 bits per heavy atom. The van der Waals surface area contributed by atoms with Gasteiger partial charge in [0.25, 0.3) is 0 Å². The van der Waals surface area contributed by atoms with Crippen LogP contribution in [0, 0.1) is 5.92 Å². The zero-order chi connectivity index (χ0) is 14.7. The second-order valence-corrected chi connectivity index (χ2v) is 7.47. The summed E-state index contributed by atoms with van der Waals surface area (Å²) in [7, 11) is -1.00. The van der Waals surface area contributed by atoms with Crippen molar-refractivity contribution in [2.75, 3.05) is 12.8 Å². The van der Waals surface area contributed by atoms with Crippen LogP contribution >= 0.6 is 0 Å². The van der Waals surface area contributed by atoms with Gasteiger partial charge in [-0.2, -0.15) is 0 Å². The summed E-state index contributed by atoms with van der Waals surface area (Å²) in [6.07, 6.45) is 2.26. The molecule has 1 rings (SSSR count). The molecule has 0 aromatic heterocycles. The molecule has 1 N–H and O–H groups in total. The standard InChI is InChI=1S/C13H24N2O3S/c1-8(2)6-11-13(17)15(7-9(3)19(5)18)10(4)12(16)14-11/h8-11H,6-7H2,1-5H3,(H,14,16). The van der Waals surface area contributed by atoms with Crippen molar-refractivity contribution in [3.8, 4) is 0 Å². The van der Waals surface area contributed by atoms with Crippen molar-refractivity contribution in [2.24, 2.45) is 5.92 Å². The molecule has 6 heteroatoms. The van der Waals surface area contributed by atoms with Gasteiger partial charge >= 0.3 is 0 Å². The maximum atomic E-state index is 12.4. The van der Waals surface area contributed by atoms with E-state index < -0.39 is 22.9 Å². The van der Waals surface area contributed by atoms with Crippen LogP contribution < -0.4 is 5.32 Å². The highest BCUT2D eigenvalue weighted by Crippen LogP contribution is 2.16. The first-order chi connectivity index (χ1) is 8.73. The Hall–Kier alpha value is -0.910. The summed E-state index contributed by atoms with van der Waals surface area (Å²) in [6, 6.07) is -0.928.